The monoisotopic (exact) mass is 56.0 g/mol. The summed E-state index contributed by atoms with van der Waals surface area (Å²) in [6.45, 7) is 0. The molecule has 0 aromatic rings. The minimum Gasteiger partial charge on any atom is -0.124 e. The lowest BCUT2D eigenvalue weighted by Gasteiger charge is -0.717. The highest BCUT2D eigenvalue weighted by Crippen LogP contribution is 0.579. The van der Waals surface area contributed by atoms with Gasteiger partial charge in [-0.2, -0.15) is 0 Å². The molecular weight excluding hydrogens is 54.0 g/mol. The largest absolute Gasteiger partial charge is 0.124 e. The van der Waals surface area contributed by atoms with Crippen molar-refractivity contribution < 1.29 is 0 Å². The molecule has 0 saturated heterocycles. The van der Waals surface area contributed by atoms with E-state index in [1.54, 1.807) is 0 Å². The third-order valence-corrected chi connectivity index (χ3v) is 0. The van der Waals surface area contributed by atoms with Gasteiger partial charge in [-0.25, -0.2) is 0 Å². The molecule has 0 heterocycles. The van der Waals surface area contributed by atoms with Gasteiger partial charge in [0.15, 0.2) is 0 Å². The van der Waals surface area contributed by atoms with Crippen LogP contribution in [0.1, 0.15) is 0 Å². The van der Waals surface area contributed by atoms with Crippen LogP contribution < -0.4 is 5.59 Å². The number of nitroso groups, excluding NO2 is 1. The van der Waals surface area contributed by atoms with Gasteiger partial charge in [0.2, 0.25) is 0 Å². The Bertz CT molecular complexity index is 17.2. The highest BCUT2D eigenvalue weighted by atomic mass is 16.2. The smallest absolute Gasteiger partial charge is 0.120 e. The van der Waals surface area contributed by atoms with E-state index in [4.69, 9.17) is 10.5 Å². The topological polar surface area (TPSA) is 39.4 Å². The average Bonchev–Trinajstić information content (AvgIpc) is 1.50. The first-order valence-corrected chi connectivity index (χ1v) is 0.516. The van der Waals surface area contributed by atoms with Crippen LogP contribution in [0.3, 0.4) is 0 Å². The fraction of sp³-hybridized carbons (Fsp3) is 0. The summed E-state index contributed by atoms with van der Waals surface area (Å²) in [6, 6.07) is 0. The van der Waals surface area contributed by atoms with Crippen molar-refractivity contribution in [1.29, 1.82) is 0 Å². The van der Waals surface area contributed by atoms with E-state index in [-0.39, 0.29) is 0 Å². The van der Waals surface area contributed by atoms with E-state index < -0.39 is 0 Å². The summed E-state index contributed by atoms with van der Waals surface area (Å²) in [5.74, 6) is 0. The predicted molar refractivity (Wildman–Crippen MR) is 15.4 cm³/mol. The molecule has 0 spiro atoms. The molecule has 0 saturated carbocycles. The summed E-state index contributed by atoms with van der Waals surface area (Å²) >= 11 is 0. The van der Waals surface area contributed by atoms with Crippen molar-refractivity contribution in [3.05, 3.63) is 4.91 Å². The van der Waals surface area contributed by atoms with Crippen LogP contribution >= 0.6 is 0 Å². The van der Waals surface area contributed by atoms with Gasteiger partial charge in [-0.3, -0.25) is 0 Å². The number of nitrogens with zero attached hydrogens (tertiary/aromatic N) is 1. The highest BCUT2D eigenvalue weighted by molar-refractivity contribution is 4.47. The van der Waals surface area contributed by atoms with Gasteiger partial charge in [0.25, 0.3) is 0 Å². The molecule has 2 heteroatoms. The van der Waals surface area contributed by atoms with Crippen LogP contribution in [0.5, 0.6) is 0 Å². The van der Waals surface area contributed by atoms with Gasteiger partial charge in [0.05, 0.1) is 0 Å². The Morgan fingerprint density at radius 2 is 1.25 bits per heavy atom. The Morgan fingerprint density at radius 3 is 1.25 bits per heavy atom. The number of terminal acetylenes is 1. The molecule has 0 rings (SSSR count). The molecule has 0 aliphatic carbocycles. The second-order valence-electron chi connectivity index (χ2n) is 0. The molecule has 1 radical (unpaired) electrons. The second-order valence-corrected chi connectivity index (χ2v) is 0. The summed E-state index contributed by atoms with van der Waals surface area (Å²) in [6.07, 6.45) is 8.00. The van der Waals surface area contributed by atoms with Crippen LogP contribution in [0.4, 0.5) is 0 Å². The normalized spacial score (nSPS) is 1.50. The van der Waals surface area contributed by atoms with Crippen molar-refractivity contribution in [3.8, 4) is 12.8 Å². The van der Waals surface area contributed by atoms with E-state index in [9.17, 15) is 0 Å². The summed E-state index contributed by atoms with van der Waals surface area (Å²) in [7, 11) is 0. The Labute approximate surface area is 24.6 Å². The molecule has 0 aliphatic rings. The zero-order chi connectivity index (χ0) is 4.00. The molecule has 0 unspecified atom stereocenters. The quantitative estimate of drug-likeness (QED) is 0.354. The van der Waals surface area contributed by atoms with E-state index in [2.05, 4.69) is 12.8 Å². The average molecular weight is 56.0 g/mol. The summed E-state index contributed by atoms with van der Waals surface area (Å²) in [5.41, 5.74) is 5.75. The van der Waals surface area contributed by atoms with E-state index in [0.717, 1.165) is 0 Å². The number of hydrogen-bond acceptors (Lipinski definition) is 1. The van der Waals surface area contributed by atoms with Gasteiger partial charge < -0.3 is 0 Å². The molecule has 2 nitrogen and oxygen atoms in total. The first-order chi connectivity index (χ1) is 2.00. The van der Waals surface area contributed by atoms with Gasteiger partial charge in [0.1, 0.15) is 5.59 Å². The van der Waals surface area contributed by atoms with Crippen molar-refractivity contribution in [1.82, 2.24) is 5.59 Å². The zero-order valence-electron chi connectivity index (χ0n) is 2.01. The minimum absolute atomic E-state index is 4.00. The van der Waals surface area contributed by atoms with Gasteiger partial charge in [-0.05, 0) is 0 Å². The Hall–Kier alpha value is -0.840. The Kier molecular flexibility index (Phi) is 11.3. The second kappa shape index (κ2) is 4.12. The van der Waals surface area contributed by atoms with E-state index in [0.29, 0.717) is 0 Å². The van der Waals surface area contributed by atoms with Crippen LogP contribution in [-0.2, 0) is 0 Å². The molecular formula is C2H2NO. The van der Waals surface area contributed by atoms with Crippen molar-refractivity contribution >= 4 is 0 Å². The van der Waals surface area contributed by atoms with E-state index in [1.807, 2.05) is 0 Å². The molecule has 0 aliphatic heterocycles. The number of rotatable bonds is 0. The lowest BCUT2D eigenvalue weighted by Crippen LogP contribution is -0.976. The van der Waals surface area contributed by atoms with E-state index >= 15 is 0 Å². The van der Waals surface area contributed by atoms with Crippen molar-refractivity contribution in [2.24, 2.45) is 0 Å². The summed E-state index contributed by atoms with van der Waals surface area (Å²) < 4.78 is 0. The fourth-order valence-electron chi connectivity index (χ4n) is 0. The van der Waals surface area contributed by atoms with Crippen LogP contribution in [0.25, 0.3) is 0 Å². The summed E-state index contributed by atoms with van der Waals surface area (Å²) in [5, 5.41) is 0. The van der Waals surface area contributed by atoms with Crippen molar-refractivity contribution in [2.45, 2.75) is 0 Å². The maximum absolute atomic E-state index is 7.25. The standard InChI is InChI=1S/C2H2.NO/c2*1-2/h1-2H;. The third kappa shape index (κ3) is 0.0421. The molecule has 4 heavy (non-hydrogen) atoms. The van der Waals surface area contributed by atoms with Gasteiger partial charge in [-0.1, -0.05) is 0 Å². The number of hydrogen-bond donors (Lipinski definition) is 0. The van der Waals surface area contributed by atoms with Crippen molar-refractivity contribution in [3.63, 3.8) is 0 Å². The van der Waals surface area contributed by atoms with Gasteiger partial charge in [-0.15, -0.1) is 17.8 Å². The highest BCUT2D eigenvalue weighted by Gasteiger charge is 0.717. The molecule has 0 N–H and O–H groups in total. The SMILES string of the molecule is C#C.[N]=O. The Morgan fingerprint density at radius 1 is 1.25 bits per heavy atom. The molecule has 21 valence electrons. The fourth-order valence-corrected chi connectivity index (χ4v) is 0. The molecule has 0 amide bonds. The zero-order valence-corrected chi connectivity index (χ0v) is 2.01. The molecule has 0 atom stereocenters. The van der Waals surface area contributed by atoms with Crippen LogP contribution in [-0.4, -0.2) is 0 Å². The van der Waals surface area contributed by atoms with Gasteiger partial charge in [0, 0.05) is 0 Å². The lowest BCUT2D eigenvalue weighted by molar-refractivity contribution is 1.81. The first-order valence-electron chi connectivity index (χ1n) is 0.516. The first kappa shape index (κ1) is 11.0. The summed E-state index contributed by atoms with van der Waals surface area (Å²) in [4.78, 5) is 7.25. The molecule has 0 aromatic carbocycles. The maximum atomic E-state index is 7.25. The molecule has 0 bridgehead atoms. The Balaban J connectivity index is 0. The van der Waals surface area contributed by atoms with Gasteiger partial charge >= 0.3 is 0 Å². The predicted octanol–water partition coefficient (Wildman–Crippen LogP) is -0.198. The van der Waals surface area contributed by atoms with E-state index in [1.165, 1.54) is 0 Å². The van der Waals surface area contributed by atoms with Crippen LogP contribution in [0.15, 0.2) is 0 Å². The maximum Gasteiger partial charge on any atom is 0.120 e. The lowest BCUT2D eigenvalue weighted by atomic mass is 11.4. The minimum atomic E-state index is 4.00. The molecule has 0 aromatic heterocycles. The van der Waals surface area contributed by atoms with Crippen LogP contribution in [0.2, 0.25) is 0 Å². The van der Waals surface area contributed by atoms with Crippen molar-refractivity contribution in [2.75, 3.05) is 0 Å². The van der Waals surface area contributed by atoms with Crippen LogP contribution in [0, 0.1) is 17.8 Å². The third-order valence-electron chi connectivity index (χ3n) is 0. The molecule has 0 fully saturated rings.